The molecule has 2 nitrogen and oxygen atoms in total. The van der Waals surface area contributed by atoms with Crippen LogP contribution >= 0.6 is 23.2 Å². The molecule has 19 heavy (non-hydrogen) atoms. The van der Waals surface area contributed by atoms with Crippen molar-refractivity contribution in [3.63, 3.8) is 0 Å². The van der Waals surface area contributed by atoms with Gasteiger partial charge in [0, 0.05) is 19.6 Å². The molecular formula is C15H20Cl2N2. The molecule has 104 valence electrons. The van der Waals surface area contributed by atoms with Crippen LogP contribution in [-0.4, -0.2) is 31.1 Å². The molecule has 0 bridgehead atoms. The minimum atomic E-state index is 0.687. The number of rotatable bonds is 2. The SMILES string of the molecule is Clc1ccc2c(c1Cl)CCN(CC1CCNCC1)C2. The second kappa shape index (κ2) is 6.01. The Labute approximate surface area is 125 Å². The van der Waals surface area contributed by atoms with Crippen molar-refractivity contribution >= 4 is 23.2 Å². The highest BCUT2D eigenvalue weighted by Crippen LogP contribution is 2.32. The van der Waals surface area contributed by atoms with E-state index in [4.69, 9.17) is 23.2 Å². The fourth-order valence-corrected chi connectivity index (χ4v) is 3.68. The number of hydrogen-bond acceptors (Lipinski definition) is 2. The molecule has 0 amide bonds. The summed E-state index contributed by atoms with van der Waals surface area (Å²) in [6.07, 6.45) is 3.65. The Hall–Kier alpha value is -0.280. The average molecular weight is 299 g/mol. The minimum absolute atomic E-state index is 0.687. The standard InChI is InChI=1S/C15H20Cl2N2/c16-14-2-1-12-10-19(8-5-13(12)15(14)17)9-11-3-6-18-7-4-11/h1-2,11,18H,3-10H2. The molecule has 0 atom stereocenters. The van der Waals surface area contributed by atoms with Crippen molar-refractivity contribution in [1.29, 1.82) is 0 Å². The summed E-state index contributed by atoms with van der Waals surface area (Å²) in [5.74, 6) is 0.852. The second-order valence-electron chi connectivity index (χ2n) is 5.68. The summed E-state index contributed by atoms with van der Waals surface area (Å²) < 4.78 is 0. The molecule has 1 saturated heterocycles. The summed E-state index contributed by atoms with van der Waals surface area (Å²) >= 11 is 12.4. The molecule has 2 aliphatic rings. The van der Waals surface area contributed by atoms with Crippen LogP contribution in [0.4, 0.5) is 0 Å². The summed E-state index contributed by atoms with van der Waals surface area (Å²) in [6, 6.07) is 4.06. The third-order valence-electron chi connectivity index (χ3n) is 4.34. The Morgan fingerprint density at radius 2 is 2.00 bits per heavy atom. The number of nitrogens with one attached hydrogen (secondary N) is 1. The molecule has 1 fully saturated rings. The smallest absolute Gasteiger partial charge is 0.0628 e. The Morgan fingerprint density at radius 3 is 2.79 bits per heavy atom. The zero-order chi connectivity index (χ0) is 13.2. The highest BCUT2D eigenvalue weighted by atomic mass is 35.5. The van der Waals surface area contributed by atoms with Crippen molar-refractivity contribution in [3.8, 4) is 0 Å². The first-order valence-corrected chi connectivity index (χ1v) is 7.88. The maximum atomic E-state index is 6.29. The topological polar surface area (TPSA) is 15.3 Å². The van der Waals surface area contributed by atoms with E-state index in [1.54, 1.807) is 0 Å². The van der Waals surface area contributed by atoms with E-state index in [1.165, 1.54) is 43.6 Å². The molecule has 1 N–H and O–H groups in total. The summed E-state index contributed by atoms with van der Waals surface area (Å²) in [5.41, 5.74) is 2.62. The molecule has 1 aromatic rings. The molecule has 0 aromatic heterocycles. The lowest BCUT2D eigenvalue weighted by molar-refractivity contribution is 0.191. The molecule has 2 aliphatic heterocycles. The lowest BCUT2D eigenvalue weighted by Gasteiger charge is -2.33. The third kappa shape index (κ3) is 3.08. The van der Waals surface area contributed by atoms with Gasteiger partial charge >= 0.3 is 0 Å². The summed E-state index contributed by atoms with van der Waals surface area (Å²) in [5, 5.41) is 4.88. The lowest BCUT2D eigenvalue weighted by Crippen LogP contribution is -2.38. The Morgan fingerprint density at radius 1 is 1.21 bits per heavy atom. The van der Waals surface area contributed by atoms with Gasteiger partial charge in [-0.05, 0) is 55.5 Å². The summed E-state index contributed by atoms with van der Waals surface area (Å²) in [4.78, 5) is 2.57. The van der Waals surface area contributed by atoms with E-state index < -0.39 is 0 Å². The fourth-order valence-electron chi connectivity index (χ4n) is 3.23. The molecule has 0 aliphatic carbocycles. The molecule has 0 unspecified atom stereocenters. The predicted octanol–water partition coefficient (Wildman–Crippen LogP) is 3.35. The van der Waals surface area contributed by atoms with Crippen LogP contribution in [0.1, 0.15) is 24.0 Å². The molecule has 0 spiro atoms. The first-order chi connectivity index (χ1) is 9.24. The highest BCUT2D eigenvalue weighted by Gasteiger charge is 2.22. The maximum Gasteiger partial charge on any atom is 0.0628 e. The Kier molecular flexibility index (Phi) is 4.33. The highest BCUT2D eigenvalue weighted by molar-refractivity contribution is 6.42. The zero-order valence-electron chi connectivity index (χ0n) is 11.1. The van der Waals surface area contributed by atoms with Crippen LogP contribution in [0.15, 0.2) is 12.1 Å². The minimum Gasteiger partial charge on any atom is -0.317 e. The first kappa shape index (κ1) is 13.7. The average Bonchev–Trinajstić information content (AvgIpc) is 2.44. The van der Waals surface area contributed by atoms with Crippen LogP contribution in [0, 0.1) is 5.92 Å². The van der Waals surface area contributed by atoms with Crippen molar-refractivity contribution < 1.29 is 0 Å². The van der Waals surface area contributed by atoms with Crippen molar-refractivity contribution in [1.82, 2.24) is 10.2 Å². The first-order valence-electron chi connectivity index (χ1n) is 7.13. The van der Waals surface area contributed by atoms with Gasteiger partial charge in [0.05, 0.1) is 10.0 Å². The van der Waals surface area contributed by atoms with E-state index in [1.807, 2.05) is 6.07 Å². The quantitative estimate of drug-likeness (QED) is 0.901. The Balaban J connectivity index is 1.67. The Bertz CT molecular complexity index is 456. The largest absolute Gasteiger partial charge is 0.317 e. The van der Waals surface area contributed by atoms with Gasteiger partial charge < -0.3 is 5.32 Å². The van der Waals surface area contributed by atoms with Crippen LogP contribution in [0.5, 0.6) is 0 Å². The van der Waals surface area contributed by atoms with Crippen LogP contribution in [0.3, 0.4) is 0 Å². The van der Waals surface area contributed by atoms with Gasteiger partial charge in [-0.15, -0.1) is 0 Å². The van der Waals surface area contributed by atoms with Gasteiger partial charge in [0.1, 0.15) is 0 Å². The number of benzene rings is 1. The van der Waals surface area contributed by atoms with Crippen LogP contribution < -0.4 is 5.32 Å². The monoisotopic (exact) mass is 298 g/mol. The van der Waals surface area contributed by atoms with Crippen LogP contribution in [-0.2, 0) is 13.0 Å². The van der Waals surface area contributed by atoms with E-state index in [-0.39, 0.29) is 0 Å². The fraction of sp³-hybridized carbons (Fsp3) is 0.600. The van der Waals surface area contributed by atoms with E-state index in [9.17, 15) is 0 Å². The van der Waals surface area contributed by atoms with Gasteiger partial charge in [-0.25, -0.2) is 0 Å². The molecule has 4 heteroatoms. The molecule has 2 heterocycles. The second-order valence-corrected chi connectivity index (χ2v) is 6.46. The van der Waals surface area contributed by atoms with E-state index >= 15 is 0 Å². The van der Waals surface area contributed by atoms with E-state index in [0.717, 1.165) is 30.5 Å². The molecule has 0 radical (unpaired) electrons. The molecular weight excluding hydrogens is 279 g/mol. The van der Waals surface area contributed by atoms with Crippen molar-refractivity contribution in [2.24, 2.45) is 5.92 Å². The van der Waals surface area contributed by atoms with Crippen LogP contribution in [0.25, 0.3) is 0 Å². The van der Waals surface area contributed by atoms with Gasteiger partial charge in [0.25, 0.3) is 0 Å². The van der Waals surface area contributed by atoms with Gasteiger partial charge in [-0.3, -0.25) is 4.90 Å². The van der Waals surface area contributed by atoms with Gasteiger partial charge in [-0.1, -0.05) is 29.3 Å². The van der Waals surface area contributed by atoms with Crippen molar-refractivity contribution in [2.45, 2.75) is 25.8 Å². The van der Waals surface area contributed by atoms with E-state index in [0.29, 0.717) is 5.02 Å². The maximum absolute atomic E-state index is 6.29. The normalized spacial score (nSPS) is 21.4. The summed E-state index contributed by atoms with van der Waals surface area (Å²) in [7, 11) is 0. The van der Waals surface area contributed by atoms with Gasteiger partial charge in [-0.2, -0.15) is 0 Å². The summed E-state index contributed by atoms with van der Waals surface area (Å²) in [6.45, 7) is 5.71. The van der Waals surface area contributed by atoms with Gasteiger partial charge in [0.15, 0.2) is 0 Å². The predicted molar refractivity (Wildman–Crippen MR) is 81.0 cm³/mol. The van der Waals surface area contributed by atoms with Crippen molar-refractivity contribution in [2.75, 3.05) is 26.2 Å². The van der Waals surface area contributed by atoms with E-state index in [2.05, 4.69) is 16.3 Å². The number of halogens is 2. The molecule has 1 aromatic carbocycles. The zero-order valence-corrected chi connectivity index (χ0v) is 12.6. The molecule has 3 rings (SSSR count). The molecule has 0 saturated carbocycles. The number of fused-ring (bicyclic) bond motifs is 1. The number of nitrogens with zero attached hydrogens (tertiary/aromatic N) is 1. The number of hydrogen-bond donors (Lipinski definition) is 1. The number of piperidine rings is 1. The lowest BCUT2D eigenvalue weighted by atomic mass is 9.94. The van der Waals surface area contributed by atoms with Gasteiger partial charge in [0.2, 0.25) is 0 Å². The van der Waals surface area contributed by atoms with Crippen molar-refractivity contribution in [3.05, 3.63) is 33.3 Å². The van der Waals surface area contributed by atoms with Crippen LogP contribution in [0.2, 0.25) is 10.0 Å². The third-order valence-corrected chi connectivity index (χ3v) is 5.18.